The molecule has 0 saturated heterocycles. The van der Waals surface area contributed by atoms with E-state index >= 15 is 0 Å². The number of ether oxygens (including phenoxy) is 1. The number of anilines is 1. The van der Waals surface area contributed by atoms with Gasteiger partial charge in [-0.1, -0.05) is 31.4 Å². The molecule has 2 N–H and O–H groups in total. The molecular formula is C21H26N2O4S. The van der Waals surface area contributed by atoms with E-state index in [9.17, 15) is 13.2 Å². The van der Waals surface area contributed by atoms with Crippen LogP contribution in [0.15, 0.2) is 53.4 Å². The van der Waals surface area contributed by atoms with Crippen LogP contribution in [0.25, 0.3) is 0 Å². The molecule has 6 nitrogen and oxygen atoms in total. The first-order valence-corrected chi connectivity index (χ1v) is 11.0. The van der Waals surface area contributed by atoms with E-state index < -0.39 is 10.0 Å². The van der Waals surface area contributed by atoms with Crippen molar-refractivity contribution >= 4 is 21.6 Å². The number of hydrogen-bond acceptors (Lipinski definition) is 4. The van der Waals surface area contributed by atoms with Crippen LogP contribution in [0.1, 0.15) is 37.7 Å². The van der Waals surface area contributed by atoms with Crippen LogP contribution in [0.5, 0.6) is 5.75 Å². The molecule has 1 aliphatic carbocycles. The quantitative estimate of drug-likeness (QED) is 0.741. The minimum Gasteiger partial charge on any atom is -0.484 e. The summed E-state index contributed by atoms with van der Waals surface area (Å²) in [7, 11) is -3.54. The number of rotatable bonds is 7. The van der Waals surface area contributed by atoms with Crippen LogP contribution in [0.4, 0.5) is 5.69 Å². The van der Waals surface area contributed by atoms with Crippen LogP contribution in [0.3, 0.4) is 0 Å². The van der Waals surface area contributed by atoms with Crippen molar-refractivity contribution in [2.24, 2.45) is 0 Å². The van der Waals surface area contributed by atoms with Crippen molar-refractivity contribution in [1.82, 2.24) is 4.72 Å². The van der Waals surface area contributed by atoms with Gasteiger partial charge in [0.1, 0.15) is 5.75 Å². The van der Waals surface area contributed by atoms with Crippen LogP contribution in [0.2, 0.25) is 0 Å². The van der Waals surface area contributed by atoms with Crippen LogP contribution >= 0.6 is 0 Å². The molecule has 1 amide bonds. The summed E-state index contributed by atoms with van der Waals surface area (Å²) in [5, 5.41) is 2.71. The molecule has 2 aromatic carbocycles. The highest BCUT2D eigenvalue weighted by molar-refractivity contribution is 7.89. The van der Waals surface area contributed by atoms with E-state index in [-0.39, 0.29) is 23.5 Å². The standard InChI is InChI=1S/C21H26N2O4S/c1-16-6-5-9-19(14-16)27-15-21(24)22-17-10-12-20(13-11-17)28(25,26)23-18-7-3-2-4-8-18/h5-6,9-14,18,23H,2-4,7-8,15H2,1H3,(H,22,24). The average Bonchev–Trinajstić information content (AvgIpc) is 2.67. The highest BCUT2D eigenvalue weighted by Gasteiger charge is 2.21. The summed E-state index contributed by atoms with van der Waals surface area (Å²) in [4.78, 5) is 12.2. The number of carbonyl (C=O) groups is 1. The Morgan fingerprint density at radius 2 is 1.79 bits per heavy atom. The second kappa shape index (κ2) is 9.21. The lowest BCUT2D eigenvalue weighted by Gasteiger charge is -2.22. The molecule has 0 radical (unpaired) electrons. The molecule has 0 unspecified atom stereocenters. The van der Waals surface area contributed by atoms with E-state index in [1.165, 1.54) is 18.6 Å². The van der Waals surface area contributed by atoms with Crippen LogP contribution < -0.4 is 14.8 Å². The van der Waals surface area contributed by atoms with Gasteiger partial charge in [-0.05, 0) is 61.7 Å². The predicted octanol–water partition coefficient (Wildman–Crippen LogP) is 3.62. The van der Waals surface area contributed by atoms with E-state index in [0.717, 1.165) is 31.2 Å². The number of nitrogens with one attached hydrogen (secondary N) is 2. The number of amides is 1. The van der Waals surface area contributed by atoms with Gasteiger partial charge in [0.05, 0.1) is 4.90 Å². The molecule has 0 bridgehead atoms. The molecule has 1 saturated carbocycles. The Morgan fingerprint density at radius 1 is 1.07 bits per heavy atom. The van der Waals surface area contributed by atoms with E-state index in [0.29, 0.717) is 11.4 Å². The number of aryl methyl sites for hydroxylation is 1. The molecule has 0 heterocycles. The molecule has 7 heteroatoms. The molecule has 0 spiro atoms. The summed E-state index contributed by atoms with van der Waals surface area (Å²) in [5.74, 6) is 0.322. The minimum absolute atomic E-state index is 0.0110. The Hall–Kier alpha value is -2.38. The Balaban J connectivity index is 1.53. The van der Waals surface area contributed by atoms with Gasteiger partial charge >= 0.3 is 0 Å². The second-order valence-electron chi connectivity index (χ2n) is 7.13. The fraction of sp³-hybridized carbons (Fsp3) is 0.381. The van der Waals surface area contributed by atoms with E-state index in [2.05, 4.69) is 10.0 Å². The third-order valence-electron chi connectivity index (χ3n) is 4.73. The molecule has 28 heavy (non-hydrogen) atoms. The zero-order valence-electron chi connectivity index (χ0n) is 16.0. The van der Waals surface area contributed by atoms with Crippen molar-refractivity contribution in [1.29, 1.82) is 0 Å². The van der Waals surface area contributed by atoms with Gasteiger partial charge in [-0.25, -0.2) is 13.1 Å². The molecule has 0 atom stereocenters. The first-order valence-electron chi connectivity index (χ1n) is 9.54. The van der Waals surface area contributed by atoms with E-state index in [1.54, 1.807) is 18.2 Å². The topological polar surface area (TPSA) is 84.5 Å². The Kier molecular flexibility index (Phi) is 6.70. The first kappa shape index (κ1) is 20.4. The van der Waals surface area contributed by atoms with Gasteiger partial charge < -0.3 is 10.1 Å². The first-order chi connectivity index (χ1) is 13.4. The molecule has 0 aliphatic heterocycles. The van der Waals surface area contributed by atoms with Crippen molar-refractivity contribution in [3.8, 4) is 5.75 Å². The third kappa shape index (κ3) is 5.81. The highest BCUT2D eigenvalue weighted by atomic mass is 32.2. The van der Waals surface area contributed by atoms with Crippen molar-refractivity contribution in [3.05, 3.63) is 54.1 Å². The summed E-state index contributed by atoms with van der Waals surface area (Å²) in [5.41, 5.74) is 1.58. The SMILES string of the molecule is Cc1cccc(OCC(=O)Nc2ccc(S(=O)(=O)NC3CCCCC3)cc2)c1. The lowest BCUT2D eigenvalue weighted by molar-refractivity contribution is -0.118. The number of carbonyl (C=O) groups excluding carboxylic acids is 1. The zero-order chi connectivity index (χ0) is 20.0. The summed E-state index contributed by atoms with van der Waals surface area (Å²) >= 11 is 0. The van der Waals surface area contributed by atoms with Gasteiger partial charge in [-0.3, -0.25) is 4.79 Å². The summed E-state index contributed by atoms with van der Waals surface area (Å²) in [6.45, 7) is 1.83. The van der Waals surface area contributed by atoms with Crippen molar-refractivity contribution in [3.63, 3.8) is 0 Å². The summed E-state index contributed by atoms with van der Waals surface area (Å²) in [6.07, 6.45) is 5.05. The molecule has 1 fully saturated rings. The Bertz CT molecular complexity index is 904. The van der Waals surface area contributed by atoms with E-state index in [4.69, 9.17) is 4.74 Å². The van der Waals surface area contributed by atoms with Gasteiger partial charge in [0.15, 0.2) is 6.61 Å². The van der Waals surface area contributed by atoms with Crippen LogP contribution in [-0.2, 0) is 14.8 Å². The lowest BCUT2D eigenvalue weighted by atomic mass is 9.96. The largest absolute Gasteiger partial charge is 0.484 e. The Morgan fingerprint density at radius 3 is 2.46 bits per heavy atom. The second-order valence-corrected chi connectivity index (χ2v) is 8.85. The lowest BCUT2D eigenvalue weighted by Crippen LogP contribution is -2.36. The molecule has 0 aromatic heterocycles. The van der Waals surface area contributed by atoms with Crippen molar-refractivity contribution in [2.75, 3.05) is 11.9 Å². The molecular weight excluding hydrogens is 376 g/mol. The van der Waals surface area contributed by atoms with Crippen LogP contribution in [0, 0.1) is 6.92 Å². The monoisotopic (exact) mass is 402 g/mol. The van der Waals surface area contributed by atoms with E-state index in [1.807, 2.05) is 25.1 Å². The number of sulfonamides is 1. The molecule has 2 aromatic rings. The zero-order valence-corrected chi connectivity index (χ0v) is 16.8. The number of hydrogen-bond donors (Lipinski definition) is 2. The predicted molar refractivity (Wildman–Crippen MR) is 109 cm³/mol. The molecule has 150 valence electrons. The maximum atomic E-state index is 12.5. The summed E-state index contributed by atoms with van der Waals surface area (Å²) < 4.78 is 33.2. The third-order valence-corrected chi connectivity index (χ3v) is 6.27. The van der Waals surface area contributed by atoms with Gasteiger partial charge in [-0.2, -0.15) is 0 Å². The van der Waals surface area contributed by atoms with Crippen molar-refractivity contribution in [2.45, 2.75) is 50.0 Å². The fourth-order valence-electron chi connectivity index (χ4n) is 3.28. The fourth-order valence-corrected chi connectivity index (χ4v) is 4.58. The van der Waals surface area contributed by atoms with Gasteiger partial charge in [0.25, 0.3) is 5.91 Å². The highest BCUT2D eigenvalue weighted by Crippen LogP contribution is 2.21. The smallest absolute Gasteiger partial charge is 0.262 e. The normalized spacial score (nSPS) is 15.2. The van der Waals surface area contributed by atoms with Gasteiger partial charge in [0, 0.05) is 11.7 Å². The van der Waals surface area contributed by atoms with Gasteiger partial charge in [-0.15, -0.1) is 0 Å². The maximum absolute atomic E-state index is 12.5. The Labute approximate surface area is 166 Å². The number of benzene rings is 2. The van der Waals surface area contributed by atoms with Gasteiger partial charge in [0.2, 0.25) is 10.0 Å². The average molecular weight is 403 g/mol. The minimum atomic E-state index is -3.54. The van der Waals surface area contributed by atoms with Crippen molar-refractivity contribution < 1.29 is 17.9 Å². The molecule has 1 aliphatic rings. The van der Waals surface area contributed by atoms with Crippen LogP contribution in [-0.4, -0.2) is 27.0 Å². The molecule has 3 rings (SSSR count). The summed E-state index contributed by atoms with van der Waals surface area (Å²) in [6, 6.07) is 13.6. The maximum Gasteiger partial charge on any atom is 0.262 e.